The van der Waals surface area contributed by atoms with Crippen LogP contribution >= 0.6 is 0 Å². The summed E-state index contributed by atoms with van der Waals surface area (Å²) >= 11 is 0. The molecular weight excluding hydrogens is 273 g/mol. The molecule has 0 aliphatic carbocycles. The van der Waals surface area contributed by atoms with Crippen molar-refractivity contribution in [1.29, 1.82) is 0 Å². The summed E-state index contributed by atoms with van der Waals surface area (Å²) in [7, 11) is -3.47. The maximum Gasteiger partial charge on any atom is 0.412 e. The molecular formula is C12H16FNO4S. The van der Waals surface area contributed by atoms with Gasteiger partial charge in [-0.25, -0.2) is 17.6 Å². The highest BCUT2D eigenvalue weighted by Crippen LogP contribution is 2.20. The van der Waals surface area contributed by atoms with Gasteiger partial charge in [0.2, 0.25) is 0 Å². The van der Waals surface area contributed by atoms with Gasteiger partial charge in [0.25, 0.3) is 0 Å². The van der Waals surface area contributed by atoms with E-state index in [4.69, 9.17) is 4.74 Å². The van der Waals surface area contributed by atoms with E-state index in [-0.39, 0.29) is 10.6 Å². The first-order chi connectivity index (χ1) is 8.49. The molecule has 0 spiro atoms. The number of benzene rings is 1. The zero-order chi connectivity index (χ0) is 14.8. The number of ether oxygens (including phenoxy) is 1. The third-order valence-corrected chi connectivity index (χ3v) is 3.11. The standard InChI is InChI=1S/C12H16FNO4S/c1-12(2,3)18-11(15)14-10-7-8(19(4,16)17)5-6-9(10)13/h5-7H,1-4H3,(H,14,15). The maximum absolute atomic E-state index is 13.5. The van der Waals surface area contributed by atoms with Gasteiger partial charge in [-0.1, -0.05) is 0 Å². The largest absolute Gasteiger partial charge is 0.444 e. The summed E-state index contributed by atoms with van der Waals surface area (Å²) in [6.07, 6.45) is 0.148. The Labute approximate surface area is 111 Å². The molecule has 0 saturated carbocycles. The molecule has 0 unspecified atom stereocenters. The van der Waals surface area contributed by atoms with Crippen molar-refractivity contribution in [2.75, 3.05) is 11.6 Å². The number of sulfone groups is 1. The third-order valence-electron chi connectivity index (χ3n) is 2.00. The van der Waals surface area contributed by atoms with Gasteiger partial charge in [-0.15, -0.1) is 0 Å². The predicted molar refractivity (Wildman–Crippen MR) is 69.4 cm³/mol. The van der Waals surface area contributed by atoms with E-state index in [1.165, 1.54) is 0 Å². The van der Waals surface area contributed by atoms with Crippen molar-refractivity contribution in [3.63, 3.8) is 0 Å². The van der Waals surface area contributed by atoms with E-state index in [0.717, 1.165) is 24.5 Å². The first-order valence-corrected chi connectivity index (χ1v) is 7.38. The molecule has 0 atom stereocenters. The quantitative estimate of drug-likeness (QED) is 0.849. The molecule has 0 aromatic heterocycles. The number of rotatable bonds is 2. The van der Waals surface area contributed by atoms with Crippen molar-refractivity contribution in [2.45, 2.75) is 31.3 Å². The first-order valence-electron chi connectivity index (χ1n) is 5.49. The Morgan fingerprint density at radius 3 is 2.37 bits per heavy atom. The molecule has 1 aromatic rings. The highest BCUT2D eigenvalue weighted by Gasteiger charge is 2.18. The lowest BCUT2D eigenvalue weighted by Crippen LogP contribution is -2.27. The van der Waals surface area contributed by atoms with Crippen LogP contribution in [0, 0.1) is 5.82 Å². The smallest absolute Gasteiger partial charge is 0.412 e. The predicted octanol–water partition coefficient (Wildman–Crippen LogP) is 2.58. The van der Waals surface area contributed by atoms with Crippen molar-refractivity contribution >= 4 is 21.6 Å². The van der Waals surface area contributed by atoms with Gasteiger partial charge < -0.3 is 4.74 Å². The van der Waals surface area contributed by atoms with Crippen LogP contribution in [0.4, 0.5) is 14.9 Å². The second kappa shape index (κ2) is 5.16. The molecule has 19 heavy (non-hydrogen) atoms. The second-order valence-corrected chi connectivity index (χ2v) is 7.06. The van der Waals surface area contributed by atoms with Gasteiger partial charge in [0.15, 0.2) is 9.84 Å². The van der Waals surface area contributed by atoms with Crippen molar-refractivity contribution in [3.05, 3.63) is 24.0 Å². The van der Waals surface area contributed by atoms with Crippen LogP contribution in [0.15, 0.2) is 23.1 Å². The van der Waals surface area contributed by atoms with Gasteiger partial charge in [0.05, 0.1) is 10.6 Å². The van der Waals surface area contributed by atoms with Crippen LogP contribution in [0.5, 0.6) is 0 Å². The molecule has 1 N–H and O–H groups in total. The Bertz CT molecular complexity index is 590. The van der Waals surface area contributed by atoms with Crippen molar-refractivity contribution in [2.24, 2.45) is 0 Å². The van der Waals surface area contributed by atoms with Crippen LogP contribution < -0.4 is 5.32 Å². The number of carbonyl (C=O) groups excluding carboxylic acids is 1. The van der Waals surface area contributed by atoms with E-state index < -0.39 is 27.3 Å². The van der Waals surface area contributed by atoms with Gasteiger partial charge in [0, 0.05) is 6.26 Å². The Morgan fingerprint density at radius 2 is 1.89 bits per heavy atom. The number of nitrogens with one attached hydrogen (secondary N) is 1. The second-order valence-electron chi connectivity index (χ2n) is 5.04. The summed E-state index contributed by atoms with van der Waals surface area (Å²) in [5, 5.41) is 2.18. The summed E-state index contributed by atoms with van der Waals surface area (Å²) in [4.78, 5) is 11.4. The number of amides is 1. The van der Waals surface area contributed by atoms with E-state index in [1.54, 1.807) is 20.8 Å². The maximum atomic E-state index is 13.5. The zero-order valence-electron chi connectivity index (χ0n) is 11.2. The van der Waals surface area contributed by atoms with E-state index in [2.05, 4.69) is 5.32 Å². The lowest BCUT2D eigenvalue weighted by molar-refractivity contribution is 0.0635. The fourth-order valence-electron chi connectivity index (χ4n) is 1.24. The van der Waals surface area contributed by atoms with E-state index in [9.17, 15) is 17.6 Å². The van der Waals surface area contributed by atoms with Crippen LogP contribution in [0.3, 0.4) is 0 Å². The highest BCUT2D eigenvalue weighted by molar-refractivity contribution is 7.90. The van der Waals surface area contributed by atoms with Gasteiger partial charge in [0.1, 0.15) is 11.4 Å². The summed E-state index contributed by atoms with van der Waals surface area (Å²) in [5.41, 5.74) is -0.966. The number of anilines is 1. The molecule has 0 aliphatic rings. The van der Waals surface area contributed by atoms with Crippen LogP contribution in [-0.4, -0.2) is 26.4 Å². The fourth-order valence-corrected chi connectivity index (χ4v) is 1.89. The minimum Gasteiger partial charge on any atom is -0.444 e. The average Bonchev–Trinajstić information content (AvgIpc) is 2.16. The molecule has 106 valence electrons. The number of hydrogen-bond acceptors (Lipinski definition) is 4. The molecule has 1 rings (SSSR count). The van der Waals surface area contributed by atoms with Crippen LogP contribution in [0.25, 0.3) is 0 Å². The number of carbonyl (C=O) groups is 1. The Hall–Kier alpha value is -1.63. The number of hydrogen-bond donors (Lipinski definition) is 1. The minimum atomic E-state index is -3.47. The SMILES string of the molecule is CC(C)(C)OC(=O)Nc1cc(S(C)(=O)=O)ccc1F. The molecule has 7 heteroatoms. The molecule has 0 aliphatic heterocycles. The molecule has 1 aromatic carbocycles. The van der Waals surface area contributed by atoms with Gasteiger partial charge >= 0.3 is 6.09 Å². The topological polar surface area (TPSA) is 72.5 Å². The molecule has 1 amide bonds. The van der Waals surface area contributed by atoms with Crippen LogP contribution in [0.1, 0.15) is 20.8 Å². The summed E-state index contributed by atoms with van der Waals surface area (Å²) < 4.78 is 41.1. The summed E-state index contributed by atoms with van der Waals surface area (Å²) in [6, 6.07) is 3.16. The molecule has 0 radical (unpaired) electrons. The van der Waals surface area contributed by atoms with Crippen LogP contribution in [-0.2, 0) is 14.6 Å². The van der Waals surface area contributed by atoms with Crippen molar-refractivity contribution < 1.29 is 22.3 Å². The van der Waals surface area contributed by atoms with Crippen molar-refractivity contribution in [1.82, 2.24) is 0 Å². The van der Waals surface area contributed by atoms with E-state index in [0.29, 0.717) is 0 Å². The molecule has 0 bridgehead atoms. The fraction of sp³-hybridized carbons (Fsp3) is 0.417. The average molecular weight is 289 g/mol. The van der Waals surface area contributed by atoms with Crippen LogP contribution in [0.2, 0.25) is 0 Å². The molecule has 0 saturated heterocycles. The lowest BCUT2D eigenvalue weighted by Gasteiger charge is -2.19. The Balaban J connectivity index is 2.99. The minimum absolute atomic E-state index is 0.0834. The Kier molecular flexibility index (Phi) is 4.19. The Morgan fingerprint density at radius 1 is 1.32 bits per heavy atom. The summed E-state index contributed by atoms with van der Waals surface area (Å²) in [5.74, 6) is -0.738. The van der Waals surface area contributed by atoms with Gasteiger partial charge in [-0.3, -0.25) is 5.32 Å². The zero-order valence-corrected chi connectivity index (χ0v) is 12.0. The molecule has 0 fully saturated rings. The van der Waals surface area contributed by atoms with E-state index in [1.807, 2.05) is 0 Å². The van der Waals surface area contributed by atoms with E-state index >= 15 is 0 Å². The lowest BCUT2D eigenvalue weighted by atomic mass is 10.2. The van der Waals surface area contributed by atoms with Gasteiger partial charge in [-0.05, 0) is 39.0 Å². The number of halogens is 1. The molecule has 0 heterocycles. The summed E-state index contributed by atoms with van der Waals surface area (Å²) in [6.45, 7) is 4.99. The first kappa shape index (κ1) is 15.4. The monoisotopic (exact) mass is 289 g/mol. The molecule has 5 nitrogen and oxygen atoms in total. The van der Waals surface area contributed by atoms with Crippen molar-refractivity contribution in [3.8, 4) is 0 Å². The third kappa shape index (κ3) is 4.86. The van der Waals surface area contributed by atoms with Gasteiger partial charge in [-0.2, -0.15) is 0 Å². The highest BCUT2D eigenvalue weighted by atomic mass is 32.2. The normalized spacial score (nSPS) is 12.1.